The predicted molar refractivity (Wildman–Crippen MR) is 124 cm³/mol. The van der Waals surface area contributed by atoms with E-state index in [0.717, 1.165) is 16.5 Å². The number of ketones is 1. The topological polar surface area (TPSA) is 130 Å². The van der Waals surface area contributed by atoms with Gasteiger partial charge in [0.1, 0.15) is 17.4 Å². The van der Waals surface area contributed by atoms with Gasteiger partial charge in [-0.2, -0.15) is 12.7 Å². The lowest BCUT2D eigenvalue weighted by atomic mass is 9.87. The molecule has 1 aliphatic rings. The molecule has 4 rings (SSSR count). The number of fused-ring (bicyclic) bond motifs is 1. The normalized spacial score (nSPS) is 18.3. The predicted octanol–water partition coefficient (Wildman–Crippen LogP) is 2.70. The Kier molecular flexibility index (Phi) is 6.63. The number of aromatic nitrogens is 4. The van der Waals surface area contributed by atoms with Crippen molar-refractivity contribution < 1.29 is 26.7 Å². The number of alkyl halides is 1. The van der Waals surface area contributed by atoms with Gasteiger partial charge in [0.05, 0.1) is 30.4 Å². The minimum absolute atomic E-state index is 0.00108. The molecule has 2 unspecified atom stereocenters. The van der Waals surface area contributed by atoms with Crippen molar-refractivity contribution >= 4 is 27.0 Å². The fourth-order valence-electron chi connectivity index (χ4n) is 3.48. The van der Waals surface area contributed by atoms with Crippen molar-refractivity contribution in [3.05, 3.63) is 60.1 Å². The van der Waals surface area contributed by atoms with Crippen molar-refractivity contribution in [3.8, 4) is 17.1 Å². The van der Waals surface area contributed by atoms with Crippen LogP contribution in [-0.2, 0) is 10.2 Å². The number of rotatable bonds is 8. The van der Waals surface area contributed by atoms with E-state index < -0.39 is 39.6 Å². The quantitative estimate of drug-likeness (QED) is 0.451. The van der Waals surface area contributed by atoms with Gasteiger partial charge in [-0.1, -0.05) is 0 Å². The zero-order chi connectivity index (χ0) is 25.3. The number of hydrogen-bond donors (Lipinski definition) is 2. The highest BCUT2D eigenvalue weighted by Gasteiger charge is 2.39. The van der Waals surface area contributed by atoms with E-state index in [1.165, 1.54) is 38.9 Å². The van der Waals surface area contributed by atoms with Crippen LogP contribution in [0.4, 0.5) is 8.78 Å². The Labute approximate surface area is 199 Å². The molecule has 35 heavy (non-hydrogen) atoms. The molecule has 184 valence electrons. The summed E-state index contributed by atoms with van der Waals surface area (Å²) in [5.41, 5.74) is 0.869. The number of pyridine rings is 1. The minimum Gasteiger partial charge on any atom is -0.477 e. The van der Waals surface area contributed by atoms with Gasteiger partial charge in [0.15, 0.2) is 12.0 Å². The van der Waals surface area contributed by atoms with Crippen LogP contribution in [0.3, 0.4) is 0 Å². The molecule has 0 radical (unpaired) electrons. The summed E-state index contributed by atoms with van der Waals surface area (Å²) in [4.78, 5) is 28.8. The van der Waals surface area contributed by atoms with Crippen LogP contribution in [0.15, 0.2) is 54.5 Å². The molecule has 10 nitrogen and oxygen atoms in total. The fraction of sp³-hybridized carbons (Fsp3) is 0.273. The third kappa shape index (κ3) is 4.77. The Morgan fingerprint density at radius 2 is 1.97 bits per heavy atom. The van der Waals surface area contributed by atoms with Crippen LogP contribution in [0.2, 0.25) is 0 Å². The first-order chi connectivity index (χ1) is 16.6. The molecule has 3 heterocycles. The third-order valence-corrected chi connectivity index (χ3v) is 6.79. The first kappa shape index (κ1) is 24.4. The summed E-state index contributed by atoms with van der Waals surface area (Å²) in [5.74, 6) is -3.41. The molecule has 1 aliphatic carbocycles. The molecular weight excluding hydrogens is 482 g/mol. The van der Waals surface area contributed by atoms with E-state index in [0.29, 0.717) is 34.8 Å². The molecule has 13 heteroatoms. The highest BCUT2D eigenvalue weighted by Crippen LogP contribution is 2.34. The Balaban J connectivity index is 1.66. The first-order valence-corrected chi connectivity index (χ1v) is 11.9. The standard InChI is InChI=1S/C22H22F2N6O4S/c1-4-34-18-11-25-17(10-26-18)12-7-13-14(9-28-22(13)27-8-12)21(31)19-15(23)5-6-16(20(19)24)29-35(32,33)30(2)3/h5-11,19-20,29H,4H2,1-3H3,(H,27,28). The molecule has 0 aliphatic heterocycles. The van der Waals surface area contributed by atoms with Crippen LogP contribution in [-0.4, -0.2) is 65.3 Å². The number of aromatic amines is 1. The van der Waals surface area contributed by atoms with Gasteiger partial charge >= 0.3 is 10.2 Å². The van der Waals surface area contributed by atoms with Crippen LogP contribution in [0, 0.1) is 5.92 Å². The zero-order valence-corrected chi connectivity index (χ0v) is 19.8. The number of hydrogen-bond acceptors (Lipinski definition) is 7. The number of halogens is 2. The lowest BCUT2D eigenvalue weighted by Gasteiger charge is -2.25. The lowest BCUT2D eigenvalue weighted by Crippen LogP contribution is -2.41. The number of H-pyrrole nitrogens is 1. The number of allylic oxidation sites excluding steroid dienone is 4. The summed E-state index contributed by atoms with van der Waals surface area (Å²) in [6, 6.07) is 1.61. The van der Waals surface area contributed by atoms with E-state index in [4.69, 9.17) is 4.74 Å². The monoisotopic (exact) mass is 504 g/mol. The second-order valence-electron chi connectivity index (χ2n) is 7.80. The summed E-state index contributed by atoms with van der Waals surface area (Å²) in [7, 11) is -1.55. The van der Waals surface area contributed by atoms with E-state index >= 15 is 4.39 Å². The molecule has 0 spiro atoms. The Morgan fingerprint density at radius 1 is 1.20 bits per heavy atom. The maximum Gasteiger partial charge on any atom is 0.300 e. The first-order valence-electron chi connectivity index (χ1n) is 10.5. The highest BCUT2D eigenvalue weighted by molar-refractivity contribution is 7.87. The molecule has 2 N–H and O–H groups in total. The summed E-state index contributed by atoms with van der Waals surface area (Å²) >= 11 is 0. The average Bonchev–Trinajstić information content (AvgIpc) is 3.25. The van der Waals surface area contributed by atoms with Crippen LogP contribution in [0.5, 0.6) is 5.88 Å². The number of carbonyl (C=O) groups is 1. The van der Waals surface area contributed by atoms with Gasteiger partial charge in [-0.15, -0.1) is 0 Å². The van der Waals surface area contributed by atoms with Gasteiger partial charge in [-0.3, -0.25) is 9.52 Å². The molecule has 0 saturated carbocycles. The van der Waals surface area contributed by atoms with Crippen molar-refractivity contribution in [1.29, 1.82) is 0 Å². The molecule has 2 atom stereocenters. The third-order valence-electron chi connectivity index (χ3n) is 5.33. The van der Waals surface area contributed by atoms with Gasteiger partial charge in [-0.25, -0.2) is 23.7 Å². The van der Waals surface area contributed by atoms with Crippen molar-refractivity contribution in [1.82, 2.24) is 29.0 Å². The molecule has 0 saturated heterocycles. The number of nitrogens with one attached hydrogen (secondary N) is 2. The molecular formula is C22H22F2N6O4S. The van der Waals surface area contributed by atoms with Gasteiger partial charge in [-0.05, 0) is 25.1 Å². The summed E-state index contributed by atoms with van der Waals surface area (Å²) < 4.78 is 62.3. The molecule has 3 aromatic rings. The maximum atomic E-state index is 15.3. The molecule has 0 amide bonds. The minimum atomic E-state index is -4.05. The SMILES string of the molecule is CCOc1cnc(-c2cnc3[nH]cc(C(=O)C4C(F)=CC=C(NS(=O)(=O)N(C)C)C4F)c3c2)cn1. The maximum absolute atomic E-state index is 15.3. The Hall–Kier alpha value is -3.71. The van der Waals surface area contributed by atoms with E-state index in [1.807, 2.05) is 6.92 Å². The van der Waals surface area contributed by atoms with Crippen molar-refractivity contribution in [2.45, 2.75) is 13.1 Å². The summed E-state index contributed by atoms with van der Waals surface area (Å²) in [6.45, 7) is 2.26. The zero-order valence-electron chi connectivity index (χ0n) is 19.0. The van der Waals surface area contributed by atoms with Gasteiger partial charge in [0, 0.05) is 43.0 Å². The van der Waals surface area contributed by atoms with Crippen LogP contribution >= 0.6 is 0 Å². The average molecular weight is 505 g/mol. The number of Topliss-reactive ketones (excluding diaryl/α,β-unsaturated/α-hetero) is 1. The smallest absolute Gasteiger partial charge is 0.300 e. The van der Waals surface area contributed by atoms with Gasteiger partial charge in [0.2, 0.25) is 5.88 Å². The fourth-order valence-corrected chi connectivity index (χ4v) is 4.14. The van der Waals surface area contributed by atoms with Crippen molar-refractivity contribution in [2.75, 3.05) is 20.7 Å². The largest absolute Gasteiger partial charge is 0.477 e. The second-order valence-corrected chi connectivity index (χ2v) is 9.69. The van der Waals surface area contributed by atoms with Crippen LogP contribution < -0.4 is 9.46 Å². The Bertz CT molecular complexity index is 1430. The lowest BCUT2D eigenvalue weighted by molar-refractivity contribution is 0.0870. The van der Waals surface area contributed by atoms with Crippen LogP contribution in [0.25, 0.3) is 22.3 Å². The molecule has 0 aromatic carbocycles. The highest BCUT2D eigenvalue weighted by atomic mass is 32.2. The summed E-state index contributed by atoms with van der Waals surface area (Å²) in [5, 5.41) is 0.327. The van der Waals surface area contributed by atoms with Crippen molar-refractivity contribution in [2.24, 2.45) is 5.92 Å². The van der Waals surface area contributed by atoms with Gasteiger partial charge in [0.25, 0.3) is 0 Å². The number of ether oxygens (including phenoxy) is 1. The number of carbonyl (C=O) groups excluding carboxylic acids is 1. The van der Waals surface area contributed by atoms with Crippen LogP contribution in [0.1, 0.15) is 17.3 Å². The van der Waals surface area contributed by atoms with E-state index in [1.54, 1.807) is 6.07 Å². The molecule has 3 aromatic heterocycles. The molecule has 0 bridgehead atoms. The molecule has 0 fully saturated rings. The van der Waals surface area contributed by atoms with E-state index in [-0.39, 0.29) is 5.56 Å². The second kappa shape index (κ2) is 9.50. The Morgan fingerprint density at radius 3 is 2.63 bits per heavy atom. The summed E-state index contributed by atoms with van der Waals surface area (Å²) in [6.07, 6.45) is 5.36. The number of nitrogens with zero attached hydrogens (tertiary/aromatic N) is 4. The van der Waals surface area contributed by atoms with Gasteiger partial charge < -0.3 is 9.72 Å². The van der Waals surface area contributed by atoms with E-state index in [2.05, 4.69) is 24.7 Å². The van der Waals surface area contributed by atoms with E-state index in [9.17, 15) is 17.6 Å². The van der Waals surface area contributed by atoms with Crippen molar-refractivity contribution in [3.63, 3.8) is 0 Å².